The summed E-state index contributed by atoms with van der Waals surface area (Å²) in [4.78, 5) is 8.91. The Kier molecular flexibility index (Phi) is 10.3. The third-order valence-electron chi connectivity index (χ3n) is 2.13. The predicted molar refractivity (Wildman–Crippen MR) is 60.1 cm³/mol. The minimum atomic E-state index is -4.57. The van der Waals surface area contributed by atoms with E-state index in [9.17, 15) is 17.8 Å². The molecule has 100 valence electrons. The molecule has 0 aromatic carbocycles. The van der Waals surface area contributed by atoms with Crippen LogP contribution < -0.4 is 29.6 Å². The molecule has 0 fully saturated rings. The van der Waals surface area contributed by atoms with Crippen LogP contribution in [0.15, 0.2) is 12.7 Å². The molecule has 0 aliphatic rings. The van der Waals surface area contributed by atoms with E-state index >= 15 is 0 Å². The van der Waals surface area contributed by atoms with Gasteiger partial charge in [-0.3, -0.25) is 0 Å². The zero-order chi connectivity index (χ0) is 13.5. The average Bonchev–Trinajstić information content (AvgIpc) is 2.23. The molecular formula is C10H17NaO6S. The normalized spacial score (nSPS) is 14.2. The standard InChI is InChI=1S/C10H18O6S.Na/c1-4-6-10(3,17(12,13)14)16-8-7-15-9(11)5-2;/h5H,2,4,6-8H2,1,3H3,(H,12,13,14);/q;+1/p-1. The summed E-state index contributed by atoms with van der Waals surface area (Å²) < 4.78 is 42.7. The molecule has 0 aromatic rings. The topological polar surface area (TPSA) is 92.7 Å². The van der Waals surface area contributed by atoms with Crippen LogP contribution in [0.2, 0.25) is 0 Å². The van der Waals surface area contributed by atoms with Crippen LogP contribution in [-0.4, -0.2) is 37.1 Å². The zero-order valence-corrected chi connectivity index (χ0v) is 13.8. The van der Waals surface area contributed by atoms with E-state index in [0.717, 1.165) is 6.08 Å². The second kappa shape index (κ2) is 9.06. The van der Waals surface area contributed by atoms with Gasteiger partial charge in [0.25, 0.3) is 0 Å². The molecule has 0 radical (unpaired) electrons. The molecule has 18 heavy (non-hydrogen) atoms. The SMILES string of the molecule is C=CC(=O)OCCOC(C)(CCC)S(=O)(=O)[O-].[Na+]. The predicted octanol–water partition coefficient (Wildman–Crippen LogP) is -2.20. The molecule has 0 bridgehead atoms. The van der Waals surface area contributed by atoms with Crippen molar-refractivity contribution in [2.45, 2.75) is 31.6 Å². The van der Waals surface area contributed by atoms with Crippen LogP contribution in [0.3, 0.4) is 0 Å². The summed E-state index contributed by atoms with van der Waals surface area (Å²) in [6, 6.07) is 0. The number of hydrogen-bond donors (Lipinski definition) is 0. The van der Waals surface area contributed by atoms with Crippen LogP contribution in [0.25, 0.3) is 0 Å². The molecule has 8 heteroatoms. The van der Waals surface area contributed by atoms with Crippen molar-refractivity contribution in [3.63, 3.8) is 0 Å². The fourth-order valence-electron chi connectivity index (χ4n) is 1.18. The quantitative estimate of drug-likeness (QED) is 0.165. The summed E-state index contributed by atoms with van der Waals surface area (Å²) in [5.74, 6) is -0.629. The van der Waals surface area contributed by atoms with Crippen LogP contribution >= 0.6 is 0 Å². The van der Waals surface area contributed by atoms with Crippen molar-refractivity contribution in [2.24, 2.45) is 0 Å². The largest absolute Gasteiger partial charge is 1.00 e. The molecule has 0 aliphatic carbocycles. The average molecular weight is 288 g/mol. The van der Waals surface area contributed by atoms with Gasteiger partial charge < -0.3 is 14.0 Å². The molecule has 0 saturated carbocycles. The van der Waals surface area contributed by atoms with Gasteiger partial charge in [-0.2, -0.15) is 0 Å². The maximum atomic E-state index is 11.0. The fraction of sp³-hybridized carbons (Fsp3) is 0.700. The summed E-state index contributed by atoms with van der Waals surface area (Å²) >= 11 is 0. The molecule has 0 N–H and O–H groups in total. The molecule has 1 unspecified atom stereocenters. The minimum Gasteiger partial charge on any atom is -0.746 e. The van der Waals surface area contributed by atoms with Gasteiger partial charge in [-0.15, -0.1) is 0 Å². The van der Waals surface area contributed by atoms with Crippen molar-refractivity contribution < 1.29 is 56.8 Å². The van der Waals surface area contributed by atoms with Crippen molar-refractivity contribution in [3.8, 4) is 0 Å². The van der Waals surface area contributed by atoms with E-state index in [1.165, 1.54) is 6.92 Å². The number of carbonyl (C=O) groups is 1. The summed E-state index contributed by atoms with van der Waals surface area (Å²) in [6.45, 7) is 5.87. The Balaban J connectivity index is 0. The second-order valence-electron chi connectivity index (χ2n) is 3.56. The van der Waals surface area contributed by atoms with Gasteiger partial charge in [-0.25, -0.2) is 13.2 Å². The first-order valence-corrected chi connectivity index (χ1v) is 6.56. The van der Waals surface area contributed by atoms with Gasteiger partial charge >= 0.3 is 35.5 Å². The molecule has 0 saturated heterocycles. The molecule has 0 spiro atoms. The van der Waals surface area contributed by atoms with Gasteiger partial charge in [-0.05, 0) is 13.3 Å². The summed E-state index contributed by atoms with van der Waals surface area (Å²) in [5, 5.41) is 0. The Hall–Kier alpha value is 0.0800. The summed E-state index contributed by atoms with van der Waals surface area (Å²) in [6.07, 6.45) is 1.56. The smallest absolute Gasteiger partial charge is 0.746 e. The first kappa shape index (κ1) is 20.4. The molecule has 0 heterocycles. The van der Waals surface area contributed by atoms with Crippen LogP contribution in [0.4, 0.5) is 0 Å². The molecule has 0 aromatic heterocycles. The van der Waals surface area contributed by atoms with Crippen molar-refractivity contribution in [1.82, 2.24) is 0 Å². The molecular weight excluding hydrogens is 271 g/mol. The Bertz CT molecular complexity index is 367. The van der Waals surface area contributed by atoms with Crippen molar-refractivity contribution >= 4 is 16.1 Å². The second-order valence-corrected chi connectivity index (χ2v) is 5.33. The van der Waals surface area contributed by atoms with Gasteiger partial charge in [0.05, 0.1) is 6.61 Å². The number of carbonyl (C=O) groups excluding carboxylic acids is 1. The van der Waals surface area contributed by atoms with E-state index in [2.05, 4.69) is 11.3 Å². The van der Waals surface area contributed by atoms with Gasteiger partial charge in [0.15, 0.2) is 4.93 Å². The van der Waals surface area contributed by atoms with Gasteiger partial charge in [0.2, 0.25) is 0 Å². The van der Waals surface area contributed by atoms with E-state index in [1.54, 1.807) is 6.92 Å². The monoisotopic (exact) mass is 288 g/mol. The fourth-order valence-corrected chi connectivity index (χ4v) is 1.86. The molecule has 1 atom stereocenters. The maximum Gasteiger partial charge on any atom is 1.00 e. The number of ether oxygens (including phenoxy) is 2. The van der Waals surface area contributed by atoms with Crippen molar-refractivity contribution in [1.29, 1.82) is 0 Å². The maximum absolute atomic E-state index is 11.0. The van der Waals surface area contributed by atoms with Crippen LogP contribution in [0.1, 0.15) is 26.7 Å². The first-order chi connectivity index (χ1) is 7.77. The van der Waals surface area contributed by atoms with Crippen molar-refractivity contribution in [2.75, 3.05) is 13.2 Å². The van der Waals surface area contributed by atoms with Gasteiger partial charge in [0, 0.05) is 6.08 Å². The first-order valence-electron chi connectivity index (χ1n) is 5.15. The van der Waals surface area contributed by atoms with Crippen LogP contribution in [-0.2, 0) is 24.4 Å². The Morgan fingerprint density at radius 1 is 1.44 bits per heavy atom. The Labute approximate surface area is 130 Å². The van der Waals surface area contributed by atoms with E-state index < -0.39 is 21.0 Å². The van der Waals surface area contributed by atoms with E-state index in [1.807, 2.05) is 0 Å². The Morgan fingerprint density at radius 2 is 2.00 bits per heavy atom. The third-order valence-corrected chi connectivity index (χ3v) is 3.51. The van der Waals surface area contributed by atoms with Crippen LogP contribution in [0, 0.1) is 0 Å². The third kappa shape index (κ3) is 6.86. The number of hydrogen-bond acceptors (Lipinski definition) is 6. The minimum absolute atomic E-state index is 0. The molecule has 0 rings (SSSR count). The Morgan fingerprint density at radius 3 is 2.39 bits per heavy atom. The number of rotatable bonds is 8. The number of esters is 1. The van der Waals surface area contributed by atoms with E-state index in [0.29, 0.717) is 6.42 Å². The summed E-state index contributed by atoms with van der Waals surface area (Å²) in [7, 11) is -4.57. The molecule has 0 amide bonds. The van der Waals surface area contributed by atoms with Crippen molar-refractivity contribution in [3.05, 3.63) is 12.7 Å². The molecule has 0 aliphatic heterocycles. The summed E-state index contributed by atoms with van der Waals surface area (Å²) in [5.41, 5.74) is 0. The van der Waals surface area contributed by atoms with Gasteiger partial charge in [-0.1, -0.05) is 19.9 Å². The van der Waals surface area contributed by atoms with E-state index in [4.69, 9.17) is 4.74 Å². The zero-order valence-electron chi connectivity index (χ0n) is 11.0. The van der Waals surface area contributed by atoms with Gasteiger partial charge in [0.1, 0.15) is 16.7 Å². The van der Waals surface area contributed by atoms with Crippen LogP contribution in [0.5, 0.6) is 0 Å². The van der Waals surface area contributed by atoms with E-state index in [-0.39, 0.29) is 49.2 Å². The molecule has 6 nitrogen and oxygen atoms in total.